The van der Waals surface area contributed by atoms with Crippen LogP contribution >= 0.6 is 11.8 Å². The Morgan fingerprint density at radius 1 is 0.943 bits per heavy atom. The summed E-state index contributed by atoms with van der Waals surface area (Å²) in [5.74, 6) is -4.39. The van der Waals surface area contributed by atoms with Crippen molar-refractivity contribution in [2.24, 2.45) is 11.5 Å². The number of phenolic OH excluding ortho intramolecular Hbond substituents is 1. The van der Waals surface area contributed by atoms with Crippen molar-refractivity contribution in [2.45, 2.75) is 43.4 Å². The number of amides is 4. The molecule has 4 amide bonds. The van der Waals surface area contributed by atoms with Crippen molar-refractivity contribution in [3.63, 3.8) is 0 Å². The Morgan fingerprint density at radius 3 is 2.00 bits per heavy atom. The number of aliphatic hydroxyl groups is 1. The van der Waals surface area contributed by atoms with Crippen molar-refractivity contribution >= 4 is 41.4 Å². The number of aromatic hydroxyl groups is 1. The normalized spacial score (nSPS) is 14.1. The van der Waals surface area contributed by atoms with Crippen LogP contribution in [-0.4, -0.2) is 87.7 Å². The minimum atomic E-state index is -1.58. The van der Waals surface area contributed by atoms with Gasteiger partial charge in [0.2, 0.25) is 23.6 Å². The monoisotopic (exact) mass is 513 g/mol. The topological polar surface area (TPSA) is 234 Å². The van der Waals surface area contributed by atoms with Crippen molar-refractivity contribution in [3.05, 3.63) is 29.8 Å². The maximum absolute atomic E-state index is 13.1. The molecule has 0 bridgehead atoms. The molecular formula is C21H31N5O8S. The van der Waals surface area contributed by atoms with Gasteiger partial charge in [0.05, 0.1) is 13.0 Å². The third kappa shape index (κ3) is 10.6. The van der Waals surface area contributed by atoms with E-state index in [1.54, 1.807) is 6.26 Å². The molecule has 0 saturated heterocycles. The number of aliphatic carboxylic acids is 1. The fourth-order valence-electron chi connectivity index (χ4n) is 2.89. The van der Waals surface area contributed by atoms with E-state index in [9.17, 15) is 34.2 Å². The van der Waals surface area contributed by atoms with E-state index in [-0.39, 0.29) is 18.6 Å². The van der Waals surface area contributed by atoms with Crippen molar-refractivity contribution in [1.82, 2.24) is 16.0 Å². The molecule has 4 unspecified atom stereocenters. The minimum absolute atomic E-state index is 0.00108. The molecule has 0 heterocycles. The van der Waals surface area contributed by atoms with Crippen molar-refractivity contribution in [3.8, 4) is 5.75 Å². The number of nitrogens with two attached hydrogens (primary N) is 2. The zero-order valence-electron chi connectivity index (χ0n) is 19.1. The van der Waals surface area contributed by atoms with Crippen LogP contribution in [0.2, 0.25) is 0 Å². The quantitative estimate of drug-likeness (QED) is 0.122. The van der Waals surface area contributed by atoms with Crippen molar-refractivity contribution < 1.29 is 39.3 Å². The molecule has 4 atom stereocenters. The molecule has 1 aromatic rings. The predicted octanol–water partition coefficient (Wildman–Crippen LogP) is -2.58. The summed E-state index contributed by atoms with van der Waals surface area (Å²) in [7, 11) is 0. The van der Waals surface area contributed by atoms with Gasteiger partial charge < -0.3 is 42.7 Å². The minimum Gasteiger partial charge on any atom is -0.508 e. The Labute approximate surface area is 206 Å². The molecule has 35 heavy (non-hydrogen) atoms. The van der Waals surface area contributed by atoms with Crippen molar-refractivity contribution in [1.29, 1.82) is 0 Å². The van der Waals surface area contributed by atoms with Gasteiger partial charge >= 0.3 is 5.97 Å². The molecule has 0 aliphatic rings. The lowest BCUT2D eigenvalue weighted by atomic mass is 10.0. The van der Waals surface area contributed by atoms with Crippen LogP contribution in [-0.2, 0) is 30.4 Å². The van der Waals surface area contributed by atoms with Gasteiger partial charge in [0, 0.05) is 6.42 Å². The average Bonchev–Trinajstić information content (AvgIpc) is 2.80. The van der Waals surface area contributed by atoms with Crippen LogP contribution in [0, 0.1) is 0 Å². The van der Waals surface area contributed by atoms with E-state index in [4.69, 9.17) is 16.6 Å². The Morgan fingerprint density at radius 2 is 1.49 bits per heavy atom. The first-order chi connectivity index (χ1) is 16.5. The van der Waals surface area contributed by atoms with E-state index < -0.39 is 66.8 Å². The molecule has 0 saturated carbocycles. The molecule has 1 rings (SSSR count). The van der Waals surface area contributed by atoms with Gasteiger partial charge in [-0.2, -0.15) is 11.8 Å². The lowest BCUT2D eigenvalue weighted by molar-refractivity contribution is -0.143. The fraction of sp³-hybridized carbons (Fsp3) is 0.476. The summed E-state index contributed by atoms with van der Waals surface area (Å²) in [6.45, 7) is -0.658. The van der Waals surface area contributed by atoms with E-state index in [0.717, 1.165) is 0 Å². The van der Waals surface area contributed by atoms with Crippen LogP contribution in [0.3, 0.4) is 0 Å². The van der Waals surface area contributed by atoms with Crippen LogP contribution in [0.5, 0.6) is 5.75 Å². The summed E-state index contributed by atoms with van der Waals surface area (Å²) in [6.07, 6.45) is 1.22. The number of rotatable bonds is 15. The molecule has 14 heteroatoms. The lowest BCUT2D eigenvalue weighted by Crippen LogP contribution is -2.58. The highest BCUT2D eigenvalue weighted by atomic mass is 32.2. The second-order valence-electron chi connectivity index (χ2n) is 7.63. The molecule has 10 N–H and O–H groups in total. The number of nitrogens with one attached hydrogen (secondary N) is 3. The smallest absolute Gasteiger partial charge is 0.326 e. The molecule has 194 valence electrons. The van der Waals surface area contributed by atoms with E-state index in [2.05, 4.69) is 16.0 Å². The third-order valence-corrected chi connectivity index (χ3v) is 5.45. The molecule has 0 fully saturated rings. The van der Waals surface area contributed by atoms with Gasteiger partial charge in [-0.1, -0.05) is 12.1 Å². The van der Waals surface area contributed by atoms with Crippen LogP contribution in [0.25, 0.3) is 0 Å². The highest BCUT2D eigenvalue weighted by Gasteiger charge is 2.30. The van der Waals surface area contributed by atoms with E-state index in [1.165, 1.54) is 36.0 Å². The van der Waals surface area contributed by atoms with Crippen LogP contribution in [0.4, 0.5) is 0 Å². The van der Waals surface area contributed by atoms with Crippen LogP contribution in [0.1, 0.15) is 18.4 Å². The zero-order chi connectivity index (χ0) is 26.5. The first-order valence-corrected chi connectivity index (χ1v) is 11.9. The number of carboxylic acids is 1. The number of primary amides is 1. The highest BCUT2D eigenvalue weighted by Crippen LogP contribution is 2.12. The number of carboxylic acid groups (broad SMARTS) is 1. The standard InChI is InChI=1S/C21H31N5O8S/c1-35-7-6-14(19(31)26-16(21(33)34)9-17(23)29)24-20(32)15(25-18(30)13(22)10-27)8-11-2-4-12(28)5-3-11/h2-5,13-16,27-28H,6-10,22H2,1H3,(H2,23,29)(H,24,32)(H,25,30)(H,26,31)(H,33,34). The number of hydrogen-bond acceptors (Lipinski definition) is 9. The zero-order valence-corrected chi connectivity index (χ0v) is 19.9. The number of thioether (sulfide) groups is 1. The summed E-state index contributed by atoms with van der Waals surface area (Å²) in [6, 6.07) is 0.593. The van der Waals surface area contributed by atoms with Gasteiger partial charge in [-0.25, -0.2) is 4.79 Å². The number of carbonyl (C=O) groups is 5. The summed E-state index contributed by atoms with van der Waals surface area (Å²) >= 11 is 1.38. The van der Waals surface area contributed by atoms with E-state index in [0.29, 0.717) is 11.3 Å². The molecule has 1 aromatic carbocycles. The van der Waals surface area contributed by atoms with Gasteiger partial charge in [-0.3, -0.25) is 19.2 Å². The molecular weight excluding hydrogens is 482 g/mol. The second kappa shape index (κ2) is 14.8. The molecule has 0 spiro atoms. The molecule has 0 aliphatic carbocycles. The molecule has 0 aliphatic heterocycles. The van der Waals surface area contributed by atoms with Crippen molar-refractivity contribution in [2.75, 3.05) is 18.6 Å². The Hall–Kier alpha value is -3.36. The largest absolute Gasteiger partial charge is 0.508 e. The van der Waals surface area contributed by atoms with E-state index in [1.807, 2.05) is 0 Å². The van der Waals surface area contributed by atoms with Crippen LogP contribution < -0.4 is 27.4 Å². The Balaban J connectivity index is 3.09. The molecule has 0 aromatic heterocycles. The average molecular weight is 514 g/mol. The van der Waals surface area contributed by atoms with Gasteiger partial charge in [0.25, 0.3) is 0 Å². The SMILES string of the molecule is CSCCC(NC(=O)C(Cc1ccc(O)cc1)NC(=O)C(N)CO)C(=O)NC(CC(N)=O)C(=O)O. The maximum Gasteiger partial charge on any atom is 0.326 e. The Kier molecular flexibility index (Phi) is 12.6. The number of phenols is 1. The number of benzene rings is 1. The van der Waals surface area contributed by atoms with Gasteiger partial charge in [-0.05, 0) is 36.1 Å². The molecule has 0 radical (unpaired) electrons. The lowest BCUT2D eigenvalue weighted by Gasteiger charge is -2.25. The molecule has 13 nitrogen and oxygen atoms in total. The number of aliphatic hydroxyl groups excluding tert-OH is 1. The summed E-state index contributed by atoms with van der Waals surface area (Å²) in [5, 5.41) is 35.0. The highest BCUT2D eigenvalue weighted by molar-refractivity contribution is 7.98. The fourth-order valence-corrected chi connectivity index (χ4v) is 3.36. The van der Waals surface area contributed by atoms with Gasteiger partial charge in [-0.15, -0.1) is 0 Å². The third-order valence-electron chi connectivity index (χ3n) is 4.81. The first-order valence-electron chi connectivity index (χ1n) is 10.5. The summed E-state index contributed by atoms with van der Waals surface area (Å²) in [5.41, 5.74) is 11.1. The first kappa shape index (κ1) is 29.7. The summed E-state index contributed by atoms with van der Waals surface area (Å²) < 4.78 is 0. The van der Waals surface area contributed by atoms with Gasteiger partial charge in [0.1, 0.15) is 29.9 Å². The number of hydrogen-bond donors (Lipinski definition) is 8. The van der Waals surface area contributed by atoms with E-state index >= 15 is 0 Å². The summed E-state index contributed by atoms with van der Waals surface area (Å²) in [4.78, 5) is 60.6. The second-order valence-corrected chi connectivity index (χ2v) is 8.62. The predicted molar refractivity (Wildman–Crippen MR) is 127 cm³/mol. The maximum atomic E-state index is 13.1. The van der Waals surface area contributed by atoms with Crippen LogP contribution in [0.15, 0.2) is 24.3 Å². The Bertz CT molecular complexity index is 898. The number of carbonyl (C=O) groups excluding carboxylic acids is 4. The van der Waals surface area contributed by atoms with Gasteiger partial charge in [0.15, 0.2) is 0 Å².